The highest BCUT2D eigenvalue weighted by Gasteiger charge is 2.18. The van der Waals surface area contributed by atoms with Gasteiger partial charge in [-0.25, -0.2) is 0 Å². The number of carbonyl (C=O) groups is 1. The summed E-state index contributed by atoms with van der Waals surface area (Å²) in [6, 6.07) is -0.637. The van der Waals surface area contributed by atoms with Gasteiger partial charge < -0.3 is 15.5 Å². The molecular weight excluding hydrogens is 819 g/mol. The Morgan fingerprint density at radius 2 is 0.582 bits per heavy atom. The first-order valence-corrected chi connectivity index (χ1v) is 30.7. The first-order chi connectivity index (χ1) is 33.2. The molecule has 0 saturated carbocycles. The predicted molar refractivity (Wildman–Crippen MR) is 299 cm³/mol. The van der Waals surface area contributed by atoms with Crippen molar-refractivity contribution in [3.05, 3.63) is 36.5 Å². The van der Waals surface area contributed by atoms with Crippen molar-refractivity contribution in [2.24, 2.45) is 0 Å². The Morgan fingerprint density at radius 1 is 0.343 bits per heavy atom. The molecule has 0 saturated heterocycles. The Labute approximate surface area is 421 Å². The van der Waals surface area contributed by atoms with Crippen molar-refractivity contribution in [2.75, 3.05) is 6.61 Å². The Balaban J connectivity index is 3.41. The maximum absolute atomic E-state index is 12.5. The minimum absolute atomic E-state index is 0.0673. The topological polar surface area (TPSA) is 69.6 Å². The Bertz CT molecular complexity index is 1020. The Morgan fingerprint density at radius 3 is 0.866 bits per heavy atom. The molecule has 396 valence electrons. The van der Waals surface area contributed by atoms with Crippen LogP contribution in [0.1, 0.15) is 341 Å². The lowest BCUT2D eigenvalue weighted by Crippen LogP contribution is -2.45. The van der Waals surface area contributed by atoms with Gasteiger partial charge in [-0.3, -0.25) is 4.79 Å². The molecule has 0 aromatic rings. The molecular formula is C63H121NO3. The van der Waals surface area contributed by atoms with Crippen molar-refractivity contribution < 1.29 is 15.0 Å². The molecule has 0 rings (SSSR count). The SMILES string of the molecule is CCCCCCCCCC/C=C\CCCCCCCCCCCCCCCCCCCCCCCCCCCC(=O)NC(CO)C(O)/C=C/CC/C=C/CCCCCCCCCCCCCC. The van der Waals surface area contributed by atoms with Crippen LogP contribution in [0.5, 0.6) is 0 Å². The Hall–Kier alpha value is -1.39. The largest absolute Gasteiger partial charge is 0.394 e. The number of hydrogen-bond acceptors (Lipinski definition) is 3. The van der Waals surface area contributed by atoms with Crippen LogP contribution < -0.4 is 5.32 Å². The lowest BCUT2D eigenvalue weighted by Gasteiger charge is -2.19. The minimum Gasteiger partial charge on any atom is -0.394 e. The van der Waals surface area contributed by atoms with Gasteiger partial charge in [0.2, 0.25) is 5.91 Å². The second-order valence-corrected chi connectivity index (χ2v) is 21.1. The molecule has 0 bridgehead atoms. The van der Waals surface area contributed by atoms with E-state index >= 15 is 0 Å². The number of carbonyl (C=O) groups excluding carboxylic acids is 1. The lowest BCUT2D eigenvalue weighted by molar-refractivity contribution is -0.123. The van der Waals surface area contributed by atoms with Gasteiger partial charge in [-0.2, -0.15) is 0 Å². The summed E-state index contributed by atoms with van der Waals surface area (Å²) in [5, 5.41) is 23.1. The van der Waals surface area contributed by atoms with E-state index in [9.17, 15) is 15.0 Å². The normalized spacial score (nSPS) is 13.0. The molecule has 0 fully saturated rings. The maximum atomic E-state index is 12.5. The summed E-state index contributed by atoms with van der Waals surface area (Å²) in [7, 11) is 0. The number of allylic oxidation sites excluding steroid dienone is 5. The van der Waals surface area contributed by atoms with Gasteiger partial charge in [-0.15, -0.1) is 0 Å². The number of nitrogens with one attached hydrogen (secondary N) is 1. The molecule has 67 heavy (non-hydrogen) atoms. The van der Waals surface area contributed by atoms with Crippen LogP contribution in [0.3, 0.4) is 0 Å². The van der Waals surface area contributed by atoms with E-state index in [1.807, 2.05) is 6.08 Å². The molecule has 2 atom stereocenters. The van der Waals surface area contributed by atoms with Crippen LogP contribution in [0.2, 0.25) is 0 Å². The van der Waals surface area contributed by atoms with Crippen LogP contribution in [0.25, 0.3) is 0 Å². The van der Waals surface area contributed by atoms with Crippen molar-refractivity contribution >= 4 is 5.91 Å². The summed E-state index contributed by atoms with van der Waals surface area (Å²) in [6.45, 7) is 4.33. The first-order valence-electron chi connectivity index (χ1n) is 30.7. The monoisotopic (exact) mass is 940 g/mol. The summed E-state index contributed by atoms with van der Waals surface area (Å²) in [5.41, 5.74) is 0. The zero-order chi connectivity index (χ0) is 48.5. The van der Waals surface area contributed by atoms with Crippen LogP contribution in [0.15, 0.2) is 36.5 Å². The number of aliphatic hydroxyl groups is 2. The molecule has 3 N–H and O–H groups in total. The summed E-state index contributed by atoms with van der Waals surface area (Å²) >= 11 is 0. The third-order valence-electron chi connectivity index (χ3n) is 14.3. The molecule has 1 amide bonds. The van der Waals surface area contributed by atoms with Crippen molar-refractivity contribution in [3.8, 4) is 0 Å². The fourth-order valence-corrected chi connectivity index (χ4v) is 9.66. The van der Waals surface area contributed by atoms with Gasteiger partial charge in [-0.05, 0) is 57.8 Å². The van der Waals surface area contributed by atoms with E-state index in [2.05, 4.69) is 43.5 Å². The summed E-state index contributed by atoms with van der Waals surface area (Å²) in [6.07, 6.45) is 80.6. The fourth-order valence-electron chi connectivity index (χ4n) is 9.66. The average Bonchev–Trinajstić information content (AvgIpc) is 3.33. The zero-order valence-corrected chi connectivity index (χ0v) is 45.7. The lowest BCUT2D eigenvalue weighted by atomic mass is 10.0. The second kappa shape index (κ2) is 58.9. The van der Waals surface area contributed by atoms with Crippen molar-refractivity contribution in [2.45, 2.75) is 353 Å². The number of aliphatic hydroxyl groups excluding tert-OH is 2. The summed E-state index contributed by atoms with van der Waals surface area (Å²) in [4.78, 5) is 12.5. The van der Waals surface area contributed by atoms with Crippen LogP contribution in [0, 0.1) is 0 Å². The third kappa shape index (κ3) is 55.4. The van der Waals surface area contributed by atoms with Crippen LogP contribution in [0.4, 0.5) is 0 Å². The smallest absolute Gasteiger partial charge is 0.220 e. The number of amides is 1. The van der Waals surface area contributed by atoms with Crippen LogP contribution in [-0.2, 0) is 4.79 Å². The van der Waals surface area contributed by atoms with Gasteiger partial charge in [0, 0.05) is 6.42 Å². The predicted octanol–water partition coefficient (Wildman–Crippen LogP) is 20.4. The van der Waals surface area contributed by atoms with E-state index < -0.39 is 12.1 Å². The quantitative estimate of drug-likeness (QED) is 0.0420. The van der Waals surface area contributed by atoms with Gasteiger partial charge in [0.05, 0.1) is 18.8 Å². The van der Waals surface area contributed by atoms with Crippen molar-refractivity contribution in [1.29, 1.82) is 0 Å². The number of hydrogen-bond donors (Lipinski definition) is 3. The number of rotatable bonds is 57. The molecule has 0 aromatic carbocycles. The molecule has 0 spiro atoms. The second-order valence-electron chi connectivity index (χ2n) is 21.1. The van der Waals surface area contributed by atoms with Gasteiger partial charge in [0.1, 0.15) is 0 Å². The van der Waals surface area contributed by atoms with Crippen LogP contribution in [-0.4, -0.2) is 34.9 Å². The summed E-state index contributed by atoms with van der Waals surface area (Å²) < 4.78 is 0. The highest BCUT2D eigenvalue weighted by molar-refractivity contribution is 5.76. The standard InChI is InChI=1S/C63H121NO3/c1-3-5-7-9-11-13-15-17-19-21-23-24-25-26-27-28-29-30-31-32-33-34-35-36-37-38-39-40-41-43-45-47-49-51-53-55-57-59-63(67)64-61(60-65)62(66)58-56-54-52-50-48-46-44-42-22-20-18-16-14-12-10-8-6-4-2/h21,23,48,50,56,58,61-62,65-66H,3-20,22,24-47,49,51-55,57,59-60H2,1-2H3,(H,64,67)/b23-21-,50-48+,58-56+. The fraction of sp³-hybridized carbons (Fsp3) is 0.889. The minimum atomic E-state index is -0.860. The molecule has 0 aliphatic carbocycles. The number of unbranched alkanes of at least 4 members (excludes halogenated alkanes) is 46. The van der Waals surface area contributed by atoms with Crippen LogP contribution >= 0.6 is 0 Å². The molecule has 0 aliphatic rings. The van der Waals surface area contributed by atoms with Gasteiger partial charge in [0.25, 0.3) is 0 Å². The van der Waals surface area contributed by atoms with Gasteiger partial charge >= 0.3 is 0 Å². The van der Waals surface area contributed by atoms with E-state index in [0.717, 1.165) is 32.1 Å². The molecule has 4 nitrogen and oxygen atoms in total. The highest BCUT2D eigenvalue weighted by Crippen LogP contribution is 2.18. The van der Waals surface area contributed by atoms with E-state index in [1.54, 1.807) is 6.08 Å². The third-order valence-corrected chi connectivity index (χ3v) is 14.3. The molecule has 4 heteroatoms. The Kier molecular flexibility index (Phi) is 57.7. The van der Waals surface area contributed by atoms with Crippen molar-refractivity contribution in [1.82, 2.24) is 5.32 Å². The highest BCUT2D eigenvalue weighted by atomic mass is 16.3. The molecule has 0 radical (unpaired) electrons. The maximum Gasteiger partial charge on any atom is 0.220 e. The summed E-state index contributed by atoms with van der Waals surface area (Å²) in [5.74, 6) is -0.0673. The van der Waals surface area contributed by atoms with Gasteiger partial charge in [0.15, 0.2) is 0 Å². The molecule has 0 aliphatic heterocycles. The zero-order valence-electron chi connectivity index (χ0n) is 45.7. The van der Waals surface area contributed by atoms with E-state index in [-0.39, 0.29) is 12.5 Å². The van der Waals surface area contributed by atoms with Crippen molar-refractivity contribution in [3.63, 3.8) is 0 Å². The molecule has 2 unspecified atom stereocenters. The molecule has 0 heterocycles. The average molecular weight is 941 g/mol. The van der Waals surface area contributed by atoms with E-state index in [0.29, 0.717) is 6.42 Å². The van der Waals surface area contributed by atoms with E-state index in [1.165, 1.54) is 289 Å². The first kappa shape index (κ1) is 65.6. The van der Waals surface area contributed by atoms with E-state index in [4.69, 9.17) is 0 Å². The molecule has 0 aromatic heterocycles. The van der Waals surface area contributed by atoms with Gasteiger partial charge in [-0.1, -0.05) is 314 Å².